The fourth-order valence-electron chi connectivity index (χ4n) is 1.75. The molecule has 0 N–H and O–H groups in total. The van der Waals surface area contributed by atoms with Crippen LogP contribution in [0.5, 0.6) is 0 Å². The molecule has 0 radical (unpaired) electrons. The Hall–Kier alpha value is -1.31. The summed E-state index contributed by atoms with van der Waals surface area (Å²) >= 11 is 0. The van der Waals surface area contributed by atoms with Gasteiger partial charge in [0.15, 0.2) is 0 Å². The highest BCUT2D eigenvalue weighted by Crippen LogP contribution is 2.16. The first-order valence-corrected chi connectivity index (χ1v) is 6.41. The zero-order chi connectivity index (χ0) is 12.8. The molecular formula is C15H23NO. The number of carbonyl (C=O) groups is 1. The first-order chi connectivity index (χ1) is 8.06. The topological polar surface area (TPSA) is 20.3 Å². The second-order valence-electron chi connectivity index (χ2n) is 4.86. The van der Waals surface area contributed by atoms with E-state index in [0.717, 1.165) is 24.9 Å². The van der Waals surface area contributed by atoms with Gasteiger partial charge in [0.2, 0.25) is 0 Å². The van der Waals surface area contributed by atoms with Gasteiger partial charge >= 0.3 is 0 Å². The van der Waals surface area contributed by atoms with Gasteiger partial charge in [-0.3, -0.25) is 4.79 Å². The Morgan fingerprint density at radius 1 is 1.35 bits per heavy atom. The minimum Gasteiger partial charge on any atom is -0.342 e. The van der Waals surface area contributed by atoms with Gasteiger partial charge in [0.05, 0.1) is 0 Å². The molecule has 1 aromatic rings. The average Bonchev–Trinajstić information content (AvgIpc) is 2.35. The predicted molar refractivity (Wildman–Crippen MR) is 72.4 cm³/mol. The van der Waals surface area contributed by atoms with Crippen LogP contribution in [0.15, 0.2) is 24.3 Å². The molecule has 1 rings (SSSR count). The number of rotatable bonds is 5. The second kappa shape index (κ2) is 6.43. The quantitative estimate of drug-likeness (QED) is 0.759. The van der Waals surface area contributed by atoms with Gasteiger partial charge in [-0.2, -0.15) is 0 Å². The van der Waals surface area contributed by atoms with Crippen LogP contribution < -0.4 is 0 Å². The fraction of sp³-hybridized carbons (Fsp3) is 0.533. The Bertz CT molecular complexity index is 371. The molecule has 0 bridgehead atoms. The minimum atomic E-state index is 0.126. The van der Waals surface area contributed by atoms with E-state index in [9.17, 15) is 4.79 Å². The third kappa shape index (κ3) is 3.88. The van der Waals surface area contributed by atoms with Gasteiger partial charge < -0.3 is 4.90 Å². The van der Waals surface area contributed by atoms with Crippen molar-refractivity contribution in [3.8, 4) is 0 Å². The lowest BCUT2D eigenvalue weighted by Crippen LogP contribution is -2.27. The van der Waals surface area contributed by atoms with E-state index in [1.165, 1.54) is 5.56 Å². The van der Waals surface area contributed by atoms with Gasteiger partial charge in [0.25, 0.3) is 5.91 Å². The van der Waals surface area contributed by atoms with Crippen LogP contribution in [-0.4, -0.2) is 24.4 Å². The van der Waals surface area contributed by atoms with Crippen molar-refractivity contribution in [3.05, 3.63) is 35.4 Å². The zero-order valence-electron chi connectivity index (χ0n) is 11.4. The molecule has 0 spiro atoms. The van der Waals surface area contributed by atoms with Crippen molar-refractivity contribution in [3.63, 3.8) is 0 Å². The number of unbranched alkanes of at least 4 members (excludes halogenated alkanes) is 1. The summed E-state index contributed by atoms with van der Waals surface area (Å²) in [6.07, 6.45) is 2.18. The van der Waals surface area contributed by atoms with Crippen molar-refractivity contribution in [2.45, 2.75) is 39.5 Å². The molecule has 0 aliphatic carbocycles. The number of amides is 1. The highest BCUT2D eigenvalue weighted by atomic mass is 16.2. The van der Waals surface area contributed by atoms with Crippen molar-refractivity contribution in [2.24, 2.45) is 0 Å². The van der Waals surface area contributed by atoms with Crippen molar-refractivity contribution >= 4 is 5.91 Å². The maximum atomic E-state index is 12.2. The Morgan fingerprint density at radius 3 is 2.65 bits per heavy atom. The maximum Gasteiger partial charge on any atom is 0.253 e. The van der Waals surface area contributed by atoms with Gasteiger partial charge in [-0.1, -0.05) is 39.3 Å². The molecule has 0 aliphatic rings. The van der Waals surface area contributed by atoms with Crippen molar-refractivity contribution in [1.82, 2.24) is 4.90 Å². The Balaban J connectivity index is 2.78. The van der Waals surface area contributed by atoms with Crippen molar-refractivity contribution in [1.29, 1.82) is 0 Å². The lowest BCUT2D eigenvalue weighted by molar-refractivity contribution is 0.0793. The molecule has 2 heteroatoms. The standard InChI is InChI=1S/C15H23NO/c1-5-6-10-16(4)15(17)14-9-7-8-13(11-14)12(2)3/h7-9,11-12H,5-6,10H2,1-4H3. The summed E-state index contributed by atoms with van der Waals surface area (Å²) in [5.74, 6) is 0.588. The molecular weight excluding hydrogens is 210 g/mol. The summed E-state index contributed by atoms with van der Waals surface area (Å²) in [6, 6.07) is 7.95. The van der Waals surface area contributed by atoms with Crippen LogP contribution in [0.25, 0.3) is 0 Å². The van der Waals surface area contributed by atoms with Crippen LogP contribution in [0.4, 0.5) is 0 Å². The minimum absolute atomic E-state index is 0.126. The number of hydrogen-bond acceptors (Lipinski definition) is 1. The molecule has 0 aliphatic heterocycles. The van der Waals surface area contributed by atoms with Crippen molar-refractivity contribution in [2.75, 3.05) is 13.6 Å². The number of benzene rings is 1. The van der Waals surface area contributed by atoms with Crippen LogP contribution in [0, 0.1) is 0 Å². The normalized spacial score (nSPS) is 10.6. The molecule has 0 saturated carbocycles. The monoisotopic (exact) mass is 233 g/mol. The molecule has 0 unspecified atom stereocenters. The highest BCUT2D eigenvalue weighted by molar-refractivity contribution is 5.94. The van der Waals surface area contributed by atoms with Crippen molar-refractivity contribution < 1.29 is 4.79 Å². The van der Waals surface area contributed by atoms with Crippen LogP contribution >= 0.6 is 0 Å². The van der Waals surface area contributed by atoms with E-state index in [2.05, 4.69) is 26.8 Å². The van der Waals surface area contributed by atoms with E-state index in [-0.39, 0.29) is 5.91 Å². The van der Waals surface area contributed by atoms with Crippen LogP contribution in [0.3, 0.4) is 0 Å². The summed E-state index contributed by atoms with van der Waals surface area (Å²) in [6.45, 7) is 7.26. The Morgan fingerprint density at radius 2 is 2.06 bits per heavy atom. The van der Waals surface area contributed by atoms with Gasteiger partial charge in [0.1, 0.15) is 0 Å². The molecule has 2 nitrogen and oxygen atoms in total. The Kier molecular flexibility index (Phi) is 5.20. The maximum absolute atomic E-state index is 12.2. The molecule has 0 fully saturated rings. The molecule has 0 saturated heterocycles. The number of carbonyl (C=O) groups excluding carboxylic acids is 1. The zero-order valence-corrected chi connectivity index (χ0v) is 11.4. The van der Waals surface area contributed by atoms with E-state index in [1.54, 1.807) is 0 Å². The van der Waals surface area contributed by atoms with Gasteiger partial charge in [0, 0.05) is 19.2 Å². The molecule has 0 aromatic heterocycles. The largest absolute Gasteiger partial charge is 0.342 e. The fourth-order valence-corrected chi connectivity index (χ4v) is 1.75. The lowest BCUT2D eigenvalue weighted by Gasteiger charge is -2.17. The third-order valence-electron chi connectivity index (χ3n) is 2.99. The highest BCUT2D eigenvalue weighted by Gasteiger charge is 2.11. The van der Waals surface area contributed by atoms with E-state index < -0.39 is 0 Å². The second-order valence-corrected chi connectivity index (χ2v) is 4.86. The van der Waals surface area contributed by atoms with E-state index in [1.807, 2.05) is 30.1 Å². The molecule has 1 aromatic carbocycles. The predicted octanol–water partition coefficient (Wildman–Crippen LogP) is 3.68. The summed E-state index contributed by atoms with van der Waals surface area (Å²) in [4.78, 5) is 14.0. The van der Waals surface area contributed by atoms with Crippen LogP contribution in [0.1, 0.15) is 55.5 Å². The van der Waals surface area contributed by atoms with E-state index in [4.69, 9.17) is 0 Å². The number of hydrogen-bond donors (Lipinski definition) is 0. The van der Waals surface area contributed by atoms with E-state index >= 15 is 0 Å². The van der Waals surface area contributed by atoms with Crippen LogP contribution in [-0.2, 0) is 0 Å². The first kappa shape index (κ1) is 13.8. The first-order valence-electron chi connectivity index (χ1n) is 6.41. The summed E-state index contributed by atoms with van der Waals surface area (Å²) < 4.78 is 0. The summed E-state index contributed by atoms with van der Waals surface area (Å²) in [7, 11) is 1.88. The smallest absolute Gasteiger partial charge is 0.253 e. The number of nitrogens with zero attached hydrogens (tertiary/aromatic N) is 1. The molecule has 0 heterocycles. The van der Waals surface area contributed by atoms with Gasteiger partial charge in [-0.15, -0.1) is 0 Å². The molecule has 0 atom stereocenters. The lowest BCUT2D eigenvalue weighted by atomic mass is 10.0. The average molecular weight is 233 g/mol. The SMILES string of the molecule is CCCCN(C)C(=O)c1cccc(C(C)C)c1. The summed E-state index contributed by atoms with van der Waals surface area (Å²) in [5.41, 5.74) is 2.02. The summed E-state index contributed by atoms with van der Waals surface area (Å²) in [5, 5.41) is 0. The van der Waals surface area contributed by atoms with Gasteiger partial charge in [-0.25, -0.2) is 0 Å². The third-order valence-corrected chi connectivity index (χ3v) is 2.99. The molecule has 17 heavy (non-hydrogen) atoms. The van der Waals surface area contributed by atoms with E-state index in [0.29, 0.717) is 5.92 Å². The van der Waals surface area contributed by atoms with Gasteiger partial charge in [-0.05, 0) is 30.0 Å². The van der Waals surface area contributed by atoms with Crippen LogP contribution in [0.2, 0.25) is 0 Å². The Labute approximate surface area is 105 Å². The molecule has 1 amide bonds. The molecule has 94 valence electrons.